The van der Waals surface area contributed by atoms with Crippen LogP contribution in [0.4, 0.5) is 0 Å². The summed E-state index contributed by atoms with van der Waals surface area (Å²) in [5, 5.41) is 2.32. The molecule has 0 aliphatic carbocycles. The van der Waals surface area contributed by atoms with Crippen molar-refractivity contribution in [2.24, 2.45) is 0 Å². The van der Waals surface area contributed by atoms with E-state index in [1.807, 2.05) is 6.20 Å². The van der Waals surface area contributed by atoms with Gasteiger partial charge in [-0.15, -0.1) is 0 Å². The van der Waals surface area contributed by atoms with Crippen molar-refractivity contribution in [2.75, 3.05) is 0 Å². The normalized spacial score (nSPS) is 12.9. The molecule has 0 saturated heterocycles. The molecule has 0 spiro atoms. The van der Waals surface area contributed by atoms with Crippen molar-refractivity contribution < 1.29 is 9.30 Å². The maximum absolute atomic E-state index is 7.29. The summed E-state index contributed by atoms with van der Waals surface area (Å²) >= 11 is 0. The van der Waals surface area contributed by atoms with Gasteiger partial charge in [0.15, 0.2) is 0 Å². The van der Waals surface area contributed by atoms with Gasteiger partial charge in [0, 0.05) is 33.9 Å². The molecule has 392 valence electrons. The molecule has 0 aliphatic heterocycles. The first kappa shape index (κ1) is 52.9. The Bertz CT molecular complexity index is 3790. The molecule has 3 aromatic heterocycles. The molecule has 0 atom stereocenters. The van der Waals surface area contributed by atoms with Crippen LogP contribution in [-0.2, 0) is 32.5 Å². The molecule has 5 heteroatoms. The summed E-state index contributed by atoms with van der Waals surface area (Å²) in [5.41, 5.74) is 15.1. The van der Waals surface area contributed by atoms with Gasteiger partial charge in [0.25, 0.3) is 6.33 Å². The van der Waals surface area contributed by atoms with Crippen LogP contribution in [0, 0.1) is 6.33 Å². The molecule has 10 aromatic rings. The zero-order valence-corrected chi connectivity index (χ0v) is 48.5. The Morgan fingerprint density at radius 3 is 1.62 bits per heavy atom. The Labute approximate surface area is 459 Å². The Kier molecular flexibility index (Phi) is 13.2. The number of fused-ring (bicyclic) bond motifs is 3. The molecular weight excluding hydrogens is 937 g/mol. The monoisotopic (exact) mass is 1010 g/mol. The number of ether oxygens (including phenoxy) is 1. The van der Waals surface area contributed by atoms with E-state index < -0.39 is 0 Å². The number of hydrogen-bond acceptors (Lipinski definition) is 2. The van der Waals surface area contributed by atoms with Crippen molar-refractivity contribution in [2.45, 2.75) is 143 Å². The van der Waals surface area contributed by atoms with Gasteiger partial charge < -0.3 is 4.74 Å². The molecule has 0 aliphatic rings. The Balaban J connectivity index is 1.19. The van der Waals surface area contributed by atoms with Gasteiger partial charge in [0.05, 0.1) is 33.8 Å². The first-order valence-electron chi connectivity index (χ1n) is 27.5. The highest BCUT2D eigenvalue weighted by molar-refractivity contribution is 6.10. The molecular formula is C72H78N4O. The summed E-state index contributed by atoms with van der Waals surface area (Å²) in [4.78, 5) is 5.07. The Morgan fingerprint density at radius 2 is 1.03 bits per heavy atom. The predicted octanol–water partition coefficient (Wildman–Crippen LogP) is 18.3. The molecule has 0 unspecified atom stereocenters. The third-order valence-electron chi connectivity index (χ3n) is 15.8. The lowest BCUT2D eigenvalue weighted by Crippen LogP contribution is -2.41. The fourth-order valence-corrected chi connectivity index (χ4v) is 11.2. The number of aromatic nitrogens is 4. The van der Waals surface area contributed by atoms with Crippen molar-refractivity contribution >= 4 is 21.8 Å². The fourth-order valence-electron chi connectivity index (χ4n) is 11.2. The molecule has 0 saturated carbocycles. The minimum absolute atomic E-state index is 0.0632. The average Bonchev–Trinajstić information content (AvgIpc) is 4.18. The number of rotatable bonds is 10. The first-order chi connectivity index (χ1) is 36.2. The number of imidazole rings is 1. The smallest absolute Gasteiger partial charge is 0.269 e. The summed E-state index contributed by atoms with van der Waals surface area (Å²) in [6, 6.07) is 64.2. The molecule has 10 rings (SSSR count). The van der Waals surface area contributed by atoms with Gasteiger partial charge >= 0.3 is 0 Å². The van der Waals surface area contributed by atoms with Crippen molar-refractivity contribution in [3.05, 3.63) is 233 Å². The van der Waals surface area contributed by atoms with Crippen LogP contribution in [0.25, 0.3) is 50.1 Å². The second-order valence-electron chi connectivity index (χ2n) is 26.6. The van der Waals surface area contributed by atoms with Crippen molar-refractivity contribution in [1.82, 2.24) is 14.1 Å². The second kappa shape index (κ2) is 19.2. The summed E-state index contributed by atoms with van der Waals surface area (Å²) in [6.45, 7) is 36.9. The highest BCUT2D eigenvalue weighted by Crippen LogP contribution is 2.43. The van der Waals surface area contributed by atoms with E-state index in [1.165, 1.54) is 55.7 Å². The maximum Gasteiger partial charge on any atom is 0.269 e. The SMILES string of the molecule is CC(C)(C)c1cc(-c2ccccc2)cc(-[n+]2[c-]n(-c3cc(Oc4ccc5c6cc(C(C)(C)c7ccccc7)ccc6n(-c6cc(C(C)(C)C)ccn6)c5c4)cc(C(C)(C)c4ccccc4)c3)c(C(C)(C)C)c2C(C)(C)C)c1. The maximum atomic E-state index is 7.29. The number of hydrogen-bond donors (Lipinski definition) is 0. The third-order valence-corrected chi connectivity index (χ3v) is 15.8. The topological polar surface area (TPSA) is 35.9 Å². The largest absolute Gasteiger partial charge is 0.458 e. The van der Waals surface area contributed by atoms with E-state index in [0.29, 0.717) is 0 Å². The van der Waals surface area contributed by atoms with Gasteiger partial charge in [-0.1, -0.05) is 214 Å². The number of pyridine rings is 1. The molecule has 0 fully saturated rings. The van der Waals surface area contributed by atoms with Crippen LogP contribution in [0.3, 0.4) is 0 Å². The van der Waals surface area contributed by atoms with E-state index >= 15 is 0 Å². The molecule has 3 heterocycles. The van der Waals surface area contributed by atoms with Crippen LogP contribution >= 0.6 is 0 Å². The fraction of sp³-hybridized carbons (Fsp3) is 0.306. The zero-order chi connectivity index (χ0) is 55.0. The van der Waals surface area contributed by atoms with Crippen LogP contribution in [-0.4, -0.2) is 14.1 Å². The van der Waals surface area contributed by atoms with E-state index in [0.717, 1.165) is 50.7 Å². The molecule has 0 amide bonds. The average molecular weight is 1020 g/mol. The van der Waals surface area contributed by atoms with Crippen LogP contribution in [0.1, 0.15) is 156 Å². The Morgan fingerprint density at radius 1 is 0.416 bits per heavy atom. The third kappa shape index (κ3) is 10.2. The lowest BCUT2D eigenvalue weighted by atomic mass is 9.78. The molecule has 0 bridgehead atoms. The van der Waals surface area contributed by atoms with Crippen molar-refractivity contribution in [3.8, 4) is 39.8 Å². The standard InChI is InChI=1S/C72H78N4O/c1-67(2,3)52-36-37-73-64(44-52)76-62-35-32-53(71(13,14)50-28-22-18-23-29-50)43-61(62)60-34-33-58(46-63(60)76)77-59-42-55(72(15,16)51-30-24-19-25-31-51)41-57(45-59)75-47-74(65(69(7,8)9)66(75)70(10,11)12)56-39-49(48-26-20-17-21-27-48)38-54(40-56)68(4,5)6/h17-46H,1-16H3. The van der Waals surface area contributed by atoms with Crippen LogP contribution in [0.15, 0.2) is 182 Å². The van der Waals surface area contributed by atoms with Crippen molar-refractivity contribution in [3.63, 3.8) is 0 Å². The minimum atomic E-state index is -0.385. The number of nitrogens with zero attached hydrogens (tertiary/aromatic N) is 4. The second-order valence-corrected chi connectivity index (χ2v) is 26.6. The van der Waals surface area contributed by atoms with E-state index in [4.69, 9.17) is 9.72 Å². The van der Waals surface area contributed by atoms with Crippen LogP contribution in [0.5, 0.6) is 11.5 Å². The van der Waals surface area contributed by atoms with Crippen LogP contribution in [0.2, 0.25) is 0 Å². The predicted molar refractivity (Wildman–Crippen MR) is 322 cm³/mol. The van der Waals surface area contributed by atoms with Gasteiger partial charge in [0.2, 0.25) is 0 Å². The lowest BCUT2D eigenvalue weighted by Gasteiger charge is -2.31. The van der Waals surface area contributed by atoms with Gasteiger partial charge in [-0.05, 0) is 133 Å². The van der Waals surface area contributed by atoms with E-state index in [1.54, 1.807) is 0 Å². The highest BCUT2D eigenvalue weighted by atomic mass is 16.5. The highest BCUT2D eigenvalue weighted by Gasteiger charge is 2.36. The zero-order valence-electron chi connectivity index (χ0n) is 48.5. The first-order valence-corrected chi connectivity index (χ1v) is 27.5. The molecule has 0 radical (unpaired) electrons. The summed E-state index contributed by atoms with van der Waals surface area (Å²) < 4.78 is 14.3. The molecule has 5 nitrogen and oxygen atoms in total. The van der Waals surface area contributed by atoms with Crippen LogP contribution < -0.4 is 9.30 Å². The van der Waals surface area contributed by atoms with E-state index in [-0.39, 0.29) is 32.5 Å². The summed E-state index contributed by atoms with van der Waals surface area (Å²) in [7, 11) is 0. The minimum Gasteiger partial charge on any atom is -0.458 e. The quantitative estimate of drug-likeness (QED) is 0.101. The summed E-state index contributed by atoms with van der Waals surface area (Å²) in [6.07, 6.45) is 5.98. The molecule has 0 N–H and O–H groups in total. The van der Waals surface area contributed by atoms with Gasteiger partial charge in [0.1, 0.15) is 17.3 Å². The van der Waals surface area contributed by atoms with Gasteiger partial charge in [-0.25, -0.2) is 4.98 Å². The molecule has 7 aromatic carbocycles. The Hall–Kier alpha value is -7.50. The van der Waals surface area contributed by atoms with E-state index in [2.05, 4.69) is 307 Å². The molecule has 77 heavy (non-hydrogen) atoms. The van der Waals surface area contributed by atoms with E-state index in [9.17, 15) is 0 Å². The summed E-state index contributed by atoms with van der Waals surface area (Å²) in [5.74, 6) is 2.36. The van der Waals surface area contributed by atoms with Gasteiger partial charge in [-0.2, -0.15) is 0 Å². The lowest BCUT2D eigenvalue weighted by molar-refractivity contribution is -0.611. The number of benzene rings is 7. The van der Waals surface area contributed by atoms with Crippen molar-refractivity contribution in [1.29, 1.82) is 0 Å². The van der Waals surface area contributed by atoms with Gasteiger partial charge in [-0.3, -0.25) is 13.7 Å².